The second-order valence-corrected chi connectivity index (χ2v) is 3.79. The highest BCUT2D eigenvalue weighted by molar-refractivity contribution is 5.89. The lowest BCUT2D eigenvalue weighted by Gasteiger charge is -2.08. The minimum Gasteiger partial charge on any atom is -0.491 e. The average molecular weight is 261 g/mol. The largest absolute Gasteiger partial charge is 0.491 e. The van der Waals surface area contributed by atoms with Crippen LogP contribution in [-0.2, 0) is 0 Å². The molecule has 19 heavy (non-hydrogen) atoms. The van der Waals surface area contributed by atoms with Crippen molar-refractivity contribution in [1.82, 2.24) is 4.98 Å². The molecule has 1 aromatic carbocycles. The number of rotatable bonds is 4. The lowest BCUT2D eigenvalue weighted by atomic mass is 10.1. The van der Waals surface area contributed by atoms with Gasteiger partial charge in [-0.3, -0.25) is 0 Å². The first-order valence-electron chi connectivity index (χ1n) is 5.75. The molecular formula is C14H12FNO3. The van der Waals surface area contributed by atoms with E-state index >= 15 is 0 Å². The van der Waals surface area contributed by atoms with Gasteiger partial charge in [0.15, 0.2) is 11.4 Å². The lowest BCUT2D eigenvalue weighted by Crippen LogP contribution is -2.06. The fourth-order valence-electron chi connectivity index (χ4n) is 1.65. The molecule has 2 aromatic rings. The van der Waals surface area contributed by atoms with Gasteiger partial charge in [-0.2, -0.15) is 0 Å². The molecule has 98 valence electrons. The van der Waals surface area contributed by atoms with Gasteiger partial charge in [0.2, 0.25) is 0 Å². The first-order valence-corrected chi connectivity index (χ1v) is 5.75. The van der Waals surface area contributed by atoms with Crippen LogP contribution in [0, 0.1) is 5.82 Å². The summed E-state index contributed by atoms with van der Waals surface area (Å²) in [5, 5.41) is 9.11. The first-order chi connectivity index (χ1) is 9.11. The van der Waals surface area contributed by atoms with Crippen LogP contribution in [0.15, 0.2) is 36.4 Å². The summed E-state index contributed by atoms with van der Waals surface area (Å²) in [6.45, 7) is 2.12. The summed E-state index contributed by atoms with van der Waals surface area (Å²) >= 11 is 0. The third-order valence-electron chi connectivity index (χ3n) is 2.50. The van der Waals surface area contributed by atoms with Crippen molar-refractivity contribution in [2.45, 2.75) is 6.92 Å². The van der Waals surface area contributed by atoms with Crippen molar-refractivity contribution in [3.8, 4) is 17.0 Å². The number of carbonyl (C=O) groups is 1. The zero-order valence-corrected chi connectivity index (χ0v) is 10.3. The van der Waals surface area contributed by atoms with E-state index in [1.165, 1.54) is 12.1 Å². The fraction of sp³-hybridized carbons (Fsp3) is 0.143. The molecule has 2 rings (SSSR count). The molecule has 0 aliphatic rings. The van der Waals surface area contributed by atoms with Crippen LogP contribution in [0.5, 0.6) is 5.75 Å². The van der Waals surface area contributed by atoms with Gasteiger partial charge in [0, 0.05) is 5.56 Å². The number of hydrogen-bond acceptors (Lipinski definition) is 3. The minimum absolute atomic E-state index is 0.149. The van der Waals surface area contributed by atoms with Gasteiger partial charge in [0.1, 0.15) is 5.82 Å². The standard InChI is InChI=1S/C14H12FNO3/c1-2-19-12-8-7-11(16-13(12)14(17)18)9-3-5-10(15)6-4-9/h3-8H,2H2,1H3,(H,17,18). The topological polar surface area (TPSA) is 59.4 Å². The van der Waals surface area contributed by atoms with Crippen LogP contribution in [0.2, 0.25) is 0 Å². The first kappa shape index (κ1) is 13.0. The Bertz CT molecular complexity index is 596. The number of benzene rings is 1. The summed E-state index contributed by atoms with van der Waals surface area (Å²) in [4.78, 5) is 15.2. The Labute approximate surface area is 109 Å². The zero-order chi connectivity index (χ0) is 13.8. The van der Waals surface area contributed by atoms with Crippen LogP contribution >= 0.6 is 0 Å². The molecule has 0 atom stereocenters. The smallest absolute Gasteiger partial charge is 0.358 e. The van der Waals surface area contributed by atoms with E-state index in [0.717, 1.165) is 0 Å². The molecule has 0 spiro atoms. The van der Waals surface area contributed by atoms with Gasteiger partial charge >= 0.3 is 5.97 Å². The van der Waals surface area contributed by atoms with Crippen molar-refractivity contribution < 1.29 is 19.0 Å². The molecule has 1 heterocycles. The number of ether oxygens (including phenoxy) is 1. The highest BCUT2D eigenvalue weighted by Gasteiger charge is 2.14. The van der Waals surface area contributed by atoms with Gasteiger partial charge in [0.25, 0.3) is 0 Å². The monoisotopic (exact) mass is 261 g/mol. The predicted molar refractivity (Wildman–Crippen MR) is 67.8 cm³/mol. The molecule has 0 fully saturated rings. The predicted octanol–water partition coefficient (Wildman–Crippen LogP) is 2.98. The molecule has 0 amide bonds. The van der Waals surface area contributed by atoms with Gasteiger partial charge in [-0.05, 0) is 43.3 Å². The van der Waals surface area contributed by atoms with Crippen molar-refractivity contribution in [2.24, 2.45) is 0 Å². The maximum Gasteiger partial charge on any atom is 0.358 e. The van der Waals surface area contributed by atoms with Crippen LogP contribution < -0.4 is 4.74 Å². The summed E-state index contributed by atoms with van der Waals surface area (Å²) < 4.78 is 18.0. The Kier molecular flexibility index (Phi) is 3.75. The number of hydrogen-bond donors (Lipinski definition) is 1. The van der Waals surface area contributed by atoms with Crippen molar-refractivity contribution in [3.63, 3.8) is 0 Å². The molecule has 1 N–H and O–H groups in total. The van der Waals surface area contributed by atoms with Crippen LogP contribution in [-0.4, -0.2) is 22.7 Å². The van der Waals surface area contributed by atoms with Crippen molar-refractivity contribution in [1.29, 1.82) is 0 Å². The normalized spacial score (nSPS) is 10.2. The minimum atomic E-state index is -1.16. The van der Waals surface area contributed by atoms with E-state index in [0.29, 0.717) is 17.9 Å². The lowest BCUT2D eigenvalue weighted by molar-refractivity contribution is 0.0686. The molecule has 4 nitrogen and oxygen atoms in total. The van der Waals surface area contributed by atoms with Gasteiger partial charge in [-0.1, -0.05) is 0 Å². The second-order valence-electron chi connectivity index (χ2n) is 3.79. The summed E-state index contributed by atoms with van der Waals surface area (Å²) in [5.74, 6) is -1.29. The Morgan fingerprint density at radius 1 is 1.26 bits per heavy atom. The van der Waals surface area contributed by atoms with E-state index in [9.17, 15) is 9.18 Å². The Hall–Kier alpha value is -2.43. The van der Waals surface area contributed by atoms with Crippen molar-refractivity contribution >= 4 is 5.97 Å². The van der Waals surface area contributed by atoms with Gasteiger partial charge in [-0.15, -0.1) is 0 Å². The Morgan fingerprint density at radius 3 is 2.53 bits per heavy atom. The molecule has 0 bridgehead atoms. The number of pyridine rings is 1. The third-order valence-corrected chi connectivity index (χ3v) is 2.50. The summed E-state index contributed by atoms with van der Waals surface area (Å²) in [5.41, 5.74) is 0.955. The Morgan fingerprint density at radius 2 is 1.95 bits per heavy atom. The van der Waals surface area contributed by atoms with E-state index in [4.69, 9.17) is 9.84 Å². The second kappa shape index (κ2) is 5.48. The maximum absolute atomic E-state index is 12.8. The van der Waals surface area contributed by atoms with E-state index in [1.54, 1.807) is 31.2 Å². The summed E-state index contributed by atoms with van der Waals surface area (Å²) in [6.07, 6.45) is 0. The number of aromatic nitrogens is 1. The molecular weight excluding hydrogens is 249 g/mol. The molecule has 5 heteroatoms. The van der Waals surface area contributed by atoms with E-state index in [1.807, 2.05) is 0 Å². The maximum atomic E-state index is 12.8. The van der Waals surface area contributed by atoms with Gasteiger partial charge < -0.3 is 9.84 Å². The number of carboxylic acid groups (broad SMARTS) is 1. The Balaban J connectivity index is 2.45. The number of carboxylic acids is 1. The third kappa shape index (κ3) is 2.88. The van der Waals surface area contributed by atoms with Crippen LogP contribution in [0.3, 0.4) is 0 Å². The highest BCUT2D eigenvalue weighted by atomic mass is 19.1. The quantitative estimate of drug-likeness (QED) is 0.919. The number of nitrogens with zero attached hydrogens (tertiary/aromatic N) is 1. The number of halogens is 1. The van der Waals surface area contributed by atoms with Crippen LogP contribution in [0.25, 0.3) is 11.3 Å². The molecule has 0 aliphatic carbocycles. The SMILES string of the molecule is CCOc1ccc(-c2ccc(F)cc2)nc1C(=O)O. The van der Waals surface area contributed by atoms with Gasteiger partial charge in [-0.25, -0.2) is 14.2 Å². The van der Waals surface area contributed by atoms with Crippen molar-refractivity contribution in [3.05, 3.63) is 47.9 Å². The highest BCUT2D eigenvalue weighted by Crippen LogP contribution is 2.23. The molecule has 0 saturated heterocycles. The molecule has 0 radical (unpaired) electrons. The van der Waals surface area contributed by atoms with Crippen molar-refractivity contribution in [2.75, 3.05) is 6.61 Å². The fourth-order valence-corrected chi connectivity index (χ4v) is 1.65. The van der Waals surface area contributed by atoms with Gasteiger partial charge in [0.05, 0.1) is 12.3 Å². The average Bonchev–Trinajstić information content (AvgIpc) is 2.40. The number of aromatic carboxylic acids is 1. The molecule has 1 aromatic heterocycles. The van der Waals surface area contributed by atoms with E-state index in [-0.39, 0.29) is 17.3 Å². The zero-order valence-electron chi connectivity index (χ0n) is 10.3. The molecule has 0 saturated carbocycles. The summed E-state index contributed by atoms with van der Waals surface area (Å²) in [7, 11) is 0. The molecule has 0 aliphatic heterocycles. The van der Waals surface area contributed by atoms with Crippen LogP contribution in [0.4, 0.5) is 4.39 Å². The van der Waals surface area contributed by atoms with E-state index < -0.39 is 5.97 Å². The van der Waals surface area contributed by atoms with E-state index in [2.05, 4.69) is 4.98 Å². The molecule has 0 unspecified atom stereocenters. The van der Waals surface area contributed by atoms with Crippen LogP contribution in [0.1, 0.15) is 17.4 Å². The summed E-state index contributed by atoms with van der Waals surface area (Å²) in [6, 6.07) is 8.89.